The standard InChI is InChI=1S/C13H12O8/c14-8-4-2-1-3-7(8)5-6-9(15)21-11(13(19)20)10(16)12(17)18/h1-6,10-11,14,16H,(H,17,18)(H,19,20)/b6-5-. The van der Waals surface area contributed by atoms with Crippen LogP contribution in [0.15, 0.2) is 30.3 Å². The minimum Gasteiger partial charge on any atom is -0.507 e. The number of carbonyl (C=O) groups excluding carboxylic acids is 1. The zero-order chi connectivity index (χ0) is 16.0. The first-order chi connectivity index (χ1) is 9.82. The number of esters is 1. The number of rotatable bonds is 6. The summed E-state index contributed by atoms with van der Waals surface area (Å²) in [6.07, 6.45) is -2.66. The van der Waals surface area contributed by atoms with E-state index in [1.165, 1.54) is 12.1 Å². The Morgan fingerprint density at radius 3 is 2.24 bits per heavy atom. The molecule has 0 aliphatic rings. The van der Waals surface area contributed by atoms with Crippen LogP contribution in [0.25, 0.3) is 6.08 Å². The predicted octanol–water partition coefficient (Wildman–Crippen LogP) is -0.153. The lowest BCUT2D eigenvalue weighted by Gasteiger charge is -2.15. The number of phenolic OH excluding ortho intramolecular Hbond substituents is 1. The highest BCUT2D eigenvalue weighted by Gasteiger charge is 2.35. The Morgan fingerprint density at radius 2 is 1.71 bits per heavy atom. The summed E-state index contributed by atoms with van der Waals surface area (Å²) < 4.78 is 4.36. The van der Waals surface area contributed by atoms with Crippen LogP contribution in [0.2, 0.25) is 0 Å². The van der Waals surface area contributed by atoms with Gasteiger partial charge in [-0.05, 0) is 12.1 Å². The van der Waals surface area contributed by atoms with Gasteiger partial charge < -0.3 is 25.2 Å². The van der Waals surface area contributed by atoms with E-state index in [1.807, 2.05) is 0 Å². The fourth-order valence-corrected chi connectivity index (χ4v) is 1.33. The van der Waals surface area contributed by atoms with Gasteiger partial charge in [0, 0.05) is 11.6 Å². The molecule has 0 radical (unpaired) electrons. The van der Waals surface area contributed by atoms with Crippen LogP contribution in [0.5, 0.6) is 5.75 Å². The number of carbonyl (C=O) groups is 3. The van der Waals surface area contributed by atoms with Crippen LogP contribution in [0, 0.1) is 0 Å². The van der Waals surface area contributed by atoms with Crippen LogP contribution < -0.4 is 0 Å². The summed E-state index contributed by atoms with van der Waals surface area (Å²) in [4.78, 5) is 32.7. The van der Waals surface area contributed by atoms with Gasteiger partial charge in [-0.3, -0.25) is 0 Å². The number of carboxylic acids is 2. The second kappa shape index (κ2) is 7.06. The highest BCUT2D eigenvalue weighted by Crippen LogP contribution is 2.17. The number of aliphatic hydroxyl groups is 1. The van der Waals surface area contributed by atoms with Gasteiger partial charge in [-0.15, -0.1) is 0 Å². The van der Waals surface area contributed by atoms with Crippen LogP contribution in [0.1, 0.15) is 5.56 Å². The van der Waals surface area contributed by atoms with E-state index in [-0.39, 0.29) is 11.3 Å². The molecule has 2 unspecified atom stereocenters. The SMILES string of the molecule is O=C(/C=C\c1ccccc1O)OC(C(=O)O)C(O)C(=O)O. The molecule has 0 amide bonds. The number of phenols is 1. The van der Waals surface area contributed by atoms with E-state index in [0.717, 1.165) is 12.2 Å². The van der Waals surface area contributed by atoms with Crippen molar-refractivity contribution in [3.05, 3.63) is 35.9 Å². The first-order valence-electron chi connectivity index (χ1n) is 5.63. The van der Waals surface area contributed by atoms with Gasteiger partial charge in [0.1, 0.15) is 5.75 Å². The number of carboxylic acid groups (broad SMARTS) is 2. The van der Waals surface area contributed by atoms with Gasteiger partial charge in [0.25, 0.3) is 0 Å². The van der Waals surface area contributed by atoms with Crippen molar-refractivity contribution in [3.63, 3.8) is 0 Å². The molecule has 0 spiro atoms. The largest absolute Gasteiger partial charge is 0.507 e. The highest BCUT2D eigenvalue weighted by molar-refractivity contribution is 5.91. The molecule has 0 fully saturated rings. The normalized spacial score (nSPS) is 13.6. The number of benzene rings is 1. The van der Waals surface area contributed by atoms with Gasteiger partial charge >= 0.3 is 17.9 Å². The van der Waals surface area contributed by atoms with E-state index in [4.69, 9.17) is 15.3 Å². The molecule has 1 rings (SSSR count). The molecule has 1 aromatic rings. The van der Waals surface area contributed by atoms with Crippen molar-refractivity contribution in [2.75, 3.05) is 0 Å². The quantitative estimate of drug-likeness (QED) is 0.419. The molecular weight excluding hydrogens is 284 g/mol. The molecule has 2 atom stereocenters. The lowest BCUT2D eigenvalue weighted by atomic mass is 10.2. The van der Waals surface area contributed by atoms with Gasteiger partial charge in [0.05, 0.1) is 0 Å². The van der Waals surface area contributed by atoms with Crippen LogP contribution in [-0.4, -0.2) is 50.5 Å². The summed E-state index contributed by atoms with van der Waals surface area (Å²) in [5.74, 6) is -4.91. The second-order valence-electron chi connectivity index (χ2n) is 3.87. The first kappa shape index (κ1) is 16.2. The summed E-state index contributed by atoms with van der Waals surface area (Å²) in [5, 5.41) is 35.8. The maximum Gasteiger partial charge on any atom is 0.348 e. The molecule has 112 valence electrons. The van der Waals surface area contributed by atoms with Crippen molar-refractivity contribution < 1.29 is 39.5 Å². The molecule has 0 saturated carbocycles. The number of aliphatic hydroxyl groups excluding tert-OH is 1. The fourth-order valence-electron chi connectivity index (χ4n) is 1.33. The van der Waals surface area contributed by atoms with Crippen molar-refractivity contribution in [1.82, 2.24) is 0 Å². The molecule has 21 heavy (non-hydrogen) atoms. The third-order valence-corrected chi connectivity index (χ3v) is 2.36. The Balaban J connectivity index is 2.77. The smallest absolute Gasteiger partial charge is 0.348 e. The lowest BCUT2D eigenvalue weighted by Crippen LogP contribution is -2.42. The maximum absolute atomic E-state index is 11.4. The van der Waals surface area contributed by atoms with E-state index in [9.17, 15) is 19.5 Å². The molecule has 4 N–H and O–H groups in total. The second-order valence-corrected chi connectivity index (χ2v) is 3.87. The summed E-state index contributed by atoms with van der Waals surface area (Å²) in [7, 11) is 0. The maximum atomic E-state index is 11.4. The van der Waals surface area contributed by atoms with Gasteiger partial charge in [-0.1, -0.05) is 18.2 Å². The minimum atomic E-state index is -2.38. The number of aliphatic carboxylic acids is 2. The van der Waals surface area contributed by atoms with E-state index >= 15 is 0 Å². The Morgan fingerprint density at radius 1 is 1.10 bits per heavy atom. The highest BCUT2D eigenvalue weighted by atomic mass is 16.6. The van der Waals surface area contributed by atoms with Gasteiger partial charge in [-0.25, -0.2) is 14.4 Å². The molecule has 0 aromatic heterocycles. The molecule has 1 aromatic carbocycles. The van der Waals surface area contributed by atoms with Crippen molar-refractivity contribution in [2.45, 2.75) is 12.2 Å². The zero-order valence-electron chi connectivity index (χ0n) is 10.5. The van der Waals surface area contributed by atoms with Crippen molar-refractivity contribution in [1.29, 1.82) is 0 Å². The third-order valence-electron chi connectivity index (χ3n) is 2.36. The van der Waals surface area contributed by atoms with Gasteiger partial charge in [-0.2, -0.15) is 0 Å². The van der Waals surface area contributed by atoms with Gasteiger partial charge in [0.2, 0.25) is 6.10 Å². The van der Waals surface area contributed by atoms with Crippen LogP contribution in [0.3, 0.4) is 0 Å². The van der Waals surface area contributed by atoms with Gasteiger partial charge in [0.15, 0.2) is 6.10 Å². The van der Waals surface area contributed by atoms with Crippen LogP contribution >= 0.6 is 0 Å². The summed E-state index contributed by atoms with van der Waals surface area (Å²) in [5.41, 5.74) is 0.278. The Bertz CT molecular complexity index is 577. The summed E-state index contributed by atoms with van der Waals surface area (Å²) in [6, 6.07) is 6.02. The number of ether oxygens (including phenoxy) is 1. The molecule has 0 heterocycles. The summed E-state index contributed by atoms with van der Waals surface area (Å²) >= 11 is 0. The molecule has 8 heteroatoms. The molecule has 0 aliphatic heterocycles. The minimum absolute atomic E-state index is 0.109. The number of aromatic hydroxyl groups is 1. The first-order valence-corrected chi connectivity index (χ1v) is 5.63. The molecular formula is C13H12O8. The Labute approximate surface area is 118 Å². The summed E-state index contributed by atoms with van der Waals surface area (Å²) in [6.45, 7) is 0. The topological polar surface area (TPSA) is 141 Å². The van der Waals surface area contributed by atoms with E-state index in [0.29, 0.717) is 0 Å². The average Bonchev–Trinajstić information content (AvgIpc) is 2.42. The lowest BCUT2D eigenvalue weighted by molar-refractivity contribution is -0.176. The van der Waals surface area contributed by atoms with E-state index in [1.54, 1.807) is 12.1 Å². The predicted molar refractivity (Wildman–Crippen MR) is 68.3 cm³/mol. The number of hydrogen-bond donors (Lipinski definition) is 4. The van der Waals surface area contributed by atoms with Crippen molar-refractivity contribution in [3.8, 4) is 5.75 Å². The fraction of sp³-hybridized carbons (Fsp3) is 0.154. The average molecular weight is 296 g/mol. The zero-order valence-corrected chi connectivity index (χ0v) is 10.5. The van der Waals surface area contributed by atoms with Crippen LogP contribution in [0.4, 0.5) is 0 Å². The van der Waals surface area contributed by atoms with E-state index < -0.39 is 30.1 Å². The third kappa shape index (κ3) is 4.62. The van der Waals surface area contributed by atoms with Crippen molar-refractivity contribution >= 4 is 24.0 Å². The number of para-hydroxylation sites is 1. The molecule has 0 saturated heterocycles. The Kier molecular flexibility index (Phi) is 5.44. The molecule has 8 nitrogen and oxygen atoms in total. The van der Waals surface area contributed by atoms with Crippen LogP contribution in [-0.2, 0) is 19.1 Å². The Hall–Kier alpha value is -2.87. The number of hydrogen-bond acceptors (Lipinski definition) is 6. The molecule has 0 bridgehead atoms. The molecule has 0 aliphatic carbocycles. The monoisotopic (exact) mass is 296 g/mol. The van der Waals surface area contributed by atoms with Crippen molar-refractivity contribution in [2.24, 2.45) is 0 Å². The van der Waals surface area contributed by atoms with E-state index in [2.05, 4.69) is 4.74 Å².